The zero-order chi connectivity index (χ0) is 17.9. The molecule has 0 aliphatic rings. The quantitative estimate of drug-likeness (QED) is 0.591. The number of nitrogens with zero attached hydrogens (tertiary/aromatic N) is 4. The summed E-state index contributed by atoms with van der Waals surface area (Å²) in [6.45, 7) is 1.57. The molecule has 0 aliphatic carbocycles. The zero-order valence-electron chi connectivity index (χ0n) is 13.4. The van der Waals surface area contributed by atoms with E-state index in [1.807, 2.05) is 6.92 Å². The van der Waals surface area contributed by atoms with Crippen LogP contribution in [0.15, 0.2) is 34.0 Å². The number of halogens is 2. The third-order valence-corrected chi connectivity index (χ3v) is 4.54. The van der Waals surface area contributed by atoms with Crippen molar-refractivity contribution in [1.29, 1.82) is 0 Å². The van der Waals surface area contributed by atoms with Gasteiger partial charge in [0.25, 0.3) is 5.56 Å². The molecular weight excluding hydrogens is 349 g/mol. The van der Waals surface area contributed by atoms with Gasteiger partial charge in [0.1, 0.15) is 5.82 Å². The normalized spacial score (nSPS) is 11.7. The number of imidazole rings is 2. The van der Waals surface area contributed by atoms with Crippen LogP contribution in [0.2, 0.25) is 5.02 Å². The highest BCUT2D eigenvalue weighted by Crippen LogP contribution is 2.19. The molecule has 3 aromatic heterocycles. The fourth-order valence-electron chi connectivity index (χ4n) is 2.94. The van der Waals surface area contributed by atoms with E-state index in [4.69, 9.17) is 11.6 Å². The Morgan fingerprint density at radius 1 is 1.32 bits per heavy atom. The van der Waals surface area contributed by atoms with E-state index in [-0.39, 0.29) is 28.3 Å². The Hall–Kier alpha value is -2.87. The van der Waals surface area contributed by atoms with Crippen molar-refractivity contribution in [1.82, 2.24) is 23.5 Å². The summed E-state index contributed by atoms with van der Waals surface area (Å²) in [5.74, 6) is -0.112. The Labute approximate surface area is 144 Å². The van der Waals surface area contributed by atoms with Gasteiger partial charge in [-0.1, -0.05) is 17.7 Å². The summed E-state index contributed by atoms with van der Waals surface area (Å²) in [6.07, 6.45) is 1.72. The number of aryl methyl sites for hydroxylation is 2. The predicted octanol–water partition coefficient (Wildman–Crippen LogP) is 1.83. The van der Waals surface area contributed by atoms with Crippen LogP contribution in [0.1, 0.15) is 11.3 Å². The molecule has 1 aromatic carbocycles. The van der Waals surface area contributed by atoms with Crippen LogP contribution in [-0.2, 0) is 13.6 Å². The highest BCUT2D eigenvalue weighted by atomic mass is 35.5. The van der Waals surface area contributed by atoms with Crippen LogP contribution in [-0.4, -0.2) is 23.5 Å². The first-order chi connectivity index (χ1) is 11.9. The molecular formula is C16H13ClFN5O2. The second-order valence-electron chi connectivity index (χ2n) is 5.85. The van der Waals surface area contributed by atoms with Crippen molar-refractivity contribution in [3.05, 3.63) is 67.3 Å². The molecule has 0 fully saturated rings. The topological polar surface area (TPSA) is 77.1 Å². The Morgan fingerprint density at radius 3 is 2.80 bits per heavy atom. The number of aromatic amines is 1. The van der Waals surface area contributed by atoms with E-state index in [2.05, 4.69) is 9.97 Å². The molecule has 0 amide bonds. The minimum absolute atomic E-state index is 0.0914. The number of aromatic nitrogens is 5. The van der Waals surface area contributed by atoms with Gasteiger partial charge in [-0.05, 0) is 19.1 Å². The first kappa shape index (κ1) is 15.6. The molecule has 0 unspecified atom stereocenters. The van der Waals surface area contributed by atoms with Crippen molar-refractivity contribution in [3.63, 3.8) is 0 Å². The third-order valence-electron chi connectivity index (χ3n) is 4.19. The van der Waals surface area contributed by atoms with E-state index >= 15 is 0 Å². The summed E-state index contributed by atoms with van der Waals surface area (Å²) in [5, 5.41) is 0.157. The maximum absolute atomic E-state index is 14.1. The van der Waals surface area contributed by atoms with Gasteiger partial charge in [0, 0.05) is 29.5 Å². The number of rotatable bonds is 2. The van der Waals surface area contributed by atoms with E-state index in [0.29, 0.717) is 5.78 Å². The maximum Gasteiger partial charge on any atom is 0.332 e. The van der Waals surface area contributed by atoms with Crippen molar-refractivity contribution in [3.8, 4) is 0 Å². The van der Waals surface area contributed by atoms with E-state index in [0.717, 1.165) is 10.3 Å². The number of H-pyrrole nitrogens is 1. The van der Waals surface area contributed by atoms with Crippen LogP contribution in [0.5, 0.6) is 0 Å². The lowest BCUT2D eigenvalue weighted by Gasteiger charge is -2.10. The number of benzene rings is 1. The molecule has 0 bridgehead atoms. The van der Waals surface area contributed by atoms with Crippen LogP contribution in [0.3, 0.4) is 0 Å². The lowest BCUT2D eigenvalue weighted by atomic mass is 10.2. The predicted molar refractivity (Wildman–Crippen MR) is 91.8 cm³/mol. The Kier molecular flexibility index (Phi) is 3.33. The van der Waals surface area contributed by atoms with Crippen LogP contribution >= 0.6 is 11.6 Å². The molecule has 1 N–H and O–H groups in total. The number of nitrogens with one attached hydrogen (secondary N) is 1. The molecule has 128 valence electrons. The summed E-state index contributed by atoms with van der Waals surface area (Å²) in [7, 11) is 1.52. The molecule has 0 saturated heterocycles. The standard InChI is InChI=1S/C16H13ClFN5O2/c1-8-6-22-12-13(20-15(22)19-8)21(2)16(25)23(14(12)24)7-9-10(17)4-3-5-11(9)18/h3-6H,7H2,1-2H3,(H,19,20). The minimum Gasteiger partial charge on any atom is -0.328 e. The number of hydrogen-bond donors (Lipinski definition) is 1. The van der Waals surface area contributed by atoms with E-state index in [9.17, 15) is 14.0 Å². The van der Waals surface area contributed by atoms with Crippen LogP contribution in [0.25, 0.3) is 16.9 Å². The van der Waals surface area contributed by atoms with Crippen LogP contribution in [0.4, 0.5) is 4.39 Å². The van der Waals surface area contributed by atoms with Crippen molar-refractivity contribution in [2.24, 2.45) is 7.05 Å². The lowest BCUT2D eigenvalue weighted by molar-refractivity contribution is 0.582. The van der Waals surface area contributed by atoms with Crippen LogP contribution < -0.4 is 11.2 Å². The van der Waals surface area contributed by atoms with Gasteiger partial charge in [-0.3, -0.25) is 18.3 Å². The third kappa shape index (κ3) is 2.21. The summed E-state index contributed by atoms with van der Waals surface area (Å²) >= 11 is 6.03. The van der Waals surface area contributed by atoms with E-state index in [1.54, 1.807) is 10.6 Å². The summed E-state index contributed by atoms with van der Waals surface area (Å²) in [4.78, 5) is 32.8. The maximum atomic E-state index is 14.1. The van der Waals surface area contributed by atoms with Gasteiger partial charge in [0.2, 0.25) is 5.78 Å². The number of fused-ring (bicyclic) bond motifs is 3. The van der Waals surface area contributed by atoms with E-state index in [1.165, 1.54) is 29.8 Å². The highest BCUT2D eigenvalue weighted by Gasteiger charge is 2.19. The molecule has 4 rings (SSSR count). The molecule has 9 heteroatoms. The Morgan fingerprint density at radius 2 is 2.08 bits per heavy atom. The molecule has 3 heterocycles. The SMILES string of the molecule is Cc1cn2c(nc3c2c(=O)n(Cc2c(F)cccc2Cl)c(=O)n3C)[nH]1. The van der Waals surface area contributed by atoms with Crippen LogP contribution in [0, 0.1) is 12.7 Å². The lowest BCUT2D eigenvalue weighted by Crippen LogP contribution is -2.39. The fourth-order valence-corrected chi connectivity index (χ4v) is 3.16. The van der Waals surface area contributed by atoms with Gasteiger partial charge in [0.05, 0.1) is 6.54 Å². The van der Waals surface area contributed by atoms with Gasteiger partial charge in [-0.15, -0.1) is 0 Å². The molecule has 25 heavy (non-hydrogen) atoms. The van der Waals surface area contributed by atoms with Crippen molar-refractivity contribution < 1.29 is 4.39 Å². The van der Waals surface area contributed by atoms with E-state index < -0.39 is 17.1 Å². The molecule has 0 radical (unpaired) electrons. The van der Waals surface area contributed by atoms with Gasteiger partial charge >= 0.3 is 5.69 Å². The van der Waals surface area contributed by atoms with Crippen molar-refractivity contribution in [2.75, 3.05) is 0 Å². The van der Waals surface area contributed by atoms with Crippen molar-refractivity contribution in [2.45, 2.75) is 13.5 Å². The minimum atomic E-state index is -0.589. The Bertz CT molecular complexity index is 1240. The highest BCUT2D eigenvalue weighted by molar-refractivity contribution is 6.31. The molecule has 0 atom stereocenters. The average Bonchev–Trinajstić information content (AvgIpc) is 3.07. The molecule has 7 nitrogen and oxygen atoms in total. The van der Waals surface area contributed by atoms with Gasteiger partial charge < -0.3 is 4.98 Å². The van der Waals surface area contributed by atoms with Gasteiger partial charge in [0.15, 0.2) is 11.2 Å². The molecule has 0 spiro atoms. The second-order valence-corrected chi connectivity index (χ2v) is 6.26. The average molecular weight is 362 g/mol. The first-order valence-electron chi connectivity index (χ1n) is 7.48. The van der Waals surface area contributed by atoms with Gasteiger partial charge in [-0.2, -0.15) is 4.98 Å². The molecule has 4 aromatic rings. The van der Waals surface area contributed by atoms with Crippen molar-refractivity contribution >= 4 is 28.5 Å². The second kappa shape index (κ2) is 5.32. The smallest absolute Gasteiger partial charge is 0.328 e. The summed E-state index contributed by atoms with van der Waals surface area (Å²) in [5.41, 5.74) is 0.277. The molecule has 0 saturated carbocycles. The number of hydrogen-bond acceptors (Lipinski definition) is 3. The molecule has 0 aliphatic heterocycles. The summed E-state index contributed by atoms with van der Waals surface area (Å²) < 4.78 is 17.9. The monoisotopic (exact) mass is 361 g/mol. The summed E-state index contributed by atoms with van der Waals surface area (Å²) in [6, 6.07) is 4.22. The fraction of sp³-hybridized carbons (Fsp3) is 0.188. The zero-order valence-corrected chi connectivity index (χ0v) is 14.1. The first-order valence-corrected chi connectivity index (χ1v) is 7.86. The van der Waals surface area contributed by atoms with Gasteiger partial charge in [-0.25, -0.2) is 9.18 Å². The Balaban J connectivity index is 2.05. The largest absolute Gasteiger partial charge is 0.332 e.